The van der Waals surface area contributed by atoms with Gasteiger partial charge >= 0.3 is 5.97 Å². The lowest BCUT2D eigenvalue weighted by Gasteiger charge is -2.63. The van der Waals surface area contributed by atoms with Crippen molar-refractivity contribution in [1.29, 1.82) is 0 Å². The molecule has 0 radical (unpaired) electrons. The van der Waals surface area contributed by atoms with Gasteiger partial charge in [0, 0.05) is 17.6 Å². The average Bonchev–Trinajstić information content (AvgIpc) is 3.03. The third-order valence-corrected chi connectivity index (χ3v) is 7.95. The topological polar surface area (TPSA) is 91.3 Å². The minimum Gasteiger partial charge on any atom is -0.504 e. The van der Waals surface area contributed by atoms with E-state index >= 15 is 0 Å². The second-order valence-electron chi connectivity index (χ2n) is 10.9. The van der Waals surface area contributed by atoms with Gasteiger partial charge in [0.2, 0.25) is 0 Å². The minimum atomic E-state index is -0.927. The van der Waals surface area contributed by atoms with Crippen molar-refractivity contribution >= 4 is 5.97 Å². The van der Waals surface area contributed by atoms with Gasteiger partial charge in [-0.2, -0.15) is 0 Å². The molecule has 5 rings (SSSR count). The normalized spacial score (nSPS) is 37.0. The van der Waals surface area contributed by atoms with Gasteiger partial charge in [0.05, 0.1) is 11.0 Å². The molecule has 1 aromatic carbocycles. The quantitative estimate of drug-likeness (QED) is 0.631. The Morgan fingerprint density at radius 3 is 2.81 bits per heavy atom. The van der Waals surface area contributed by atoms with Gasteiger partial charge in [0.25, 0.3) is 0 Å². The standard InChI is InChI=1S/C24H34N2O5/c1-13(21(28)31-22(2,3)4)25-15-8-9-24(29)17-12-14-6-7-16(27)19-18(14)23(24,20(15)30-19)10-11-26(17)5/h6-7,13,15,17,20,25,27,29H,8-12H2,1-5H3/t13?,15?,17?,20-,23-,24+/m0/s1. The molecule has 1 spiro atoms. The first-order valence-corrected chi connectivity index (χ1v) is 11.4. The monoisotopic (exact) mass is 430 g/mol. The summed E-state index contributed by atoms with van der Waals surface area (Å²) in [4.78, 5) is 14.9. The molecule has 1 saturated carbocycles. The number of likely N-dealkylation sites (tertiary alicyclic amines) is 1. The van der Waals surface area contributed by atoms with Crippen LogP contribution in [0.3, 0.4) is 0 Å². The lowest BCUT2D eigenvalue weighted by molar-refractivity contribution is -0.188. The Kier molecular flexibility index (Phi) is 4.47. The summed E-state index contributed by atoms with van der Waals surface area (Å²) >= 11 is 0. The summed E-state index contributed by atoms with van der Waals surface area (Å²) in [7, 11) is 2.08. The van der Waals surface area contributed by atoms with Crippen LogP contribution in [0.1, 0.15) is 58.1 Å². The molecule has 31 heavy (non-hydrogen) atoms. The highest BCUT2D eigenvalue weighted by Crippen LogP contribution is 2.65. The molecule has 3 N–H and O–H groups in total. The maximum absolute atomic E-state index is 12.6. The zero-order chi connectivity index (χ0) is 22.3. The number of esters is 1. The van der Waals surface area contributed by atoms with Crippen LogP contribution in [0.5, 0.6) is 11.5 Å². The van der Waals surface area contributed by atoms with Crippen LogP contribution in [0.25, 0.3) is 0 Å². The number of rotatable bonds is 3. The fourth-order valence-corrected chi connectivity index (χ4v) is 6.70. The Morgan fingerprint density at radius 1 is 1.35 bits per heavy atom. The number of carbonyl (C=O) groups excluding carboxylic acids is 1. The molecule has 1 aromatic rings. The van der Waals surface area contributed by atoms with Crippen LogP contribution in [-0.2, 0) is 21.4 Å². The summed E-state index contributed by atoms with van der Waals surface area (Å²) in [5.41, 5.74) is 0.0710. The number of carbonyl (C=O) groups is 1. The minimum absolute atomic E-state index is 0.0135. The van der Waals surface area contributed by atoms with Crippen molar-refractivity contribution < 1.29 is 24.5 Å². The molecular weight excluding hydrogens is 396 g/mol. The third-order valence-electron chi connectivity index (χ3n) is 7.95. The molecule has 4 aliphatic rings. The largest absolute Gasteiger partial charge is 0.504 e. The first-order chi connectivity index (χ1) is 14.5. The highest BCUT2D eigenvalue weighted by Gasteiger charge is 2.72. The first kappa shape index (κ1) is 21.0. The van der Waals surface area contributed by atoms with E-state index in [4.69, 9.17) is 9.47 Å². The van der Waals surface area contributed by atoms with E-state index in [9.17, 15) is 15.0 Å². The number of hydrogen-bond acceptors (Lipinski definition) is 7. The van der Waals surface area contributed by atoms with Gasteiger partial charge in [-0.25, -0.2) is 0 Å². The molecule has 7 heteroatoms. The summed E-state index contributed by atoms with van der Waals surface area (Å²) < 4.78 is 12.0. The molecule has 1 saturated heterocycles. The lowest BCUT2D eigenvalue weighted by atomic mass is 9.48. The van der Waals surface area contributed by atoms with E-state index in [0.29, 0.717) is 18.6 Å². The van der Waals surface area contributed by atoms with Crippen LogP contribution in [0.4, 0.5) is 0 Å². The number of ether oxygens (including phenoxy) is 2. The lowest BCUT2D eigenvalue weighted by Crippen LogP contribution is -2.78. The number of benzene rings is 1. The molecule has 2 aliphatic carbocycles. The van der Waals surface area contributed by atoms with E-state index in [2.05, 4.69) is 17.3 Å². The molecule has 6 atom stereocenters. The molecule has 0 amide bonds. The number of aliphatic hydroxyl groups is 1. The van der Waals surface area contributed by atoms with Crippen LogP contribution in [0.2, 0.25) is 0 Å². The zero-order valence-corrected chi connectivity index (χ0v) is 19.1. The second kappa shape index (κ2) is 6.59. The second-order valence-corrected chi connectivity index (χ2v) is 10.9. The molecule has 3 unspecified atom stereocenters. The van der Waals surface area contributed by atoms with E-state index in [-0.39, 0.29) is 29.9 Å². The fraction of sp³-hybridized carbons (Fsp3) is 0.708. The molecule has 7 nitrogen and oxygen atoms in total. The van der Waals surface area contributed by atoms with E-state index < -0.39 is 22.7 Å². The van der Waals surface area contributed by atoms with Gasteiger partial charge in [0.1, 0.15) is 17.7 Å². The van der Waals surface area contributed by atoms with Gasteiger partial charge in [-0.1, -0.05) is 6.07 Å². The average molecular weight is 431 g/mol. The van der Waals surface area contributed by atoms with Gasteiger partial charge < -0.3 is 24.6 Å². The molecule has 2 aliphatic heterocycles. The highest BCUT2D eigenvalue weighted by molar-refractivity contribution is 5.75. The summed E-state index contributed by atoms with van der Waals surface area (Å²) in [5.74, 6) is 0.346. The van der Waals surface area contributed by atoms with Gasteiger partial charge in [-0.15, -0.1) is 0 Å². The fourth-order valence-electron chi connectivity index (χ4n) is 6.70. The maximum atomic E-state index is 12.6. The third kappa shape index (κ3) is 2.79. The Bertz CT molecular complexity index is 927. The number of phenols is 1. The maximum Gasteiger partial charge on any atom is 0.323 e. The number of piperidine rings is 1. The van der Waals surface area contributed by atoms with Crippen molar-refractivity contribution in [2.45, 2.75) is 94.2 Å². The van der Waals surface area contributed by atoms with Gasteiger partial charge in [-0.05, 0) is 78.6 Å². The summed E-state index contributed by atoms with van der Waals surface area (Å²) in [6.45, 7) is 8.25. The van der Waals surface area contributed by atoms with E-state index in [1.54, 1.807) is 6.07 Å². The van der Waals surface area contributed by atoms with Crippen LogP contribution in [-0.4, -0.2) is 70.1 Å². The Labute approximate surface area is 183 Å². The first-order valence-electron chi connectivity index (χ1n) is 11.4. The van der Waals surface area contributed by atoms with E-state index in [1.165, 1.54) is 0 Å². The van der Waals surface area contributed by atoms with Crippen molar-refractivity contribution in [3.63, 3.8) is 0 Å². The zero-order valence-electron chi connectivity index (χ0n) is 19.1. The van der Waals surface area contributed by atoms with Crippen LogP contribution < -0.4 is 10.1 Å². The number of aromatic hydroxyl groups is 1. The molecule has 0 aromatic heterocycles. The van der Waals surface area contributed by atoms with Crippen molar-refractivity contribution in [3.05, 3.63) is 23.3 Å². The predicted molar refractivity (Wildman–Crippen MR) is 115 cm³/mol. The van der Waals surface area contributed by atoms with Gasteiger partial charge in [-0.3, -0.25) is 10.1 Å². The van der Waals surface area contributed by atoms with E-state index in [1.807, 2.05) is 33.8 Å². The number of nitrogens with one attached hydrogen (secondary N) is 1. The van der Waals surface area contributed by atoms with Crippen molar-refractivity contribution in [3.8, 4) is 11.5 Å². The Hall–Kier alpha value is -1.83. The summed E-state index contributed by atoms with van der Waals surface area (Å²) in [6, 6.07) is 3.06. The smallest absolute Gasteiger partial charge is 0.323 e. The number of likely N-dealkylation sites (N-methyl/N-ethyl adjacent to an activating group) is 1. The molecule has 170 valence electrons. The van der Waals surface area contributed by atoms with E-state index in [0.717, 1.165) is 30.5 Å². The predicted octanol–water partition coefficient (Wildman–Crippen LogP) is 1.86. The molecule has 2 fully saturated rings. The van der Waals surface area contributed by atoms with Crippen LogP contribution in [0, 0.1) is 0 Å². The Morgan fingerprint density at radius 2 is 2.10 bits per heavy atom. The summed E-state index contributed by atoms with van der Waals surface area (Å²) in [6.07, 6.45) is 2.46. The molecular formula is C24H34N2O5. The van der Waals surface area contributed by atoms with Crippen molar-refractivity contribution in [1.82, 2.24) is 10.2 Å². The van der Waals surface area contributed by atoms with Crippen molar-refractivity contribution in [2.75, 3.05) is 13.6 Å². The van der Waals surface area contributed by atoms with Crippen LogP contribution >= 0.6 is 0 Å². The van der Waals surface area contributed by atoms with Crippen LogP contribution in [0.15, 0.2) is 12.1 Å². The van der Waals surface area contributed by atoms with Gasteiger partial charge in [0.15, 0.2) is 11.5 Å². The molecule has 2 bridgehead atoms. The SMILES string of the molecule is CC(NC1CC[C@@]2(O)C3Cc4ccc(O)c5c4[C@@]2(CCN3C)[C@H]1O5)C(=O)OC(C)(C)C. The number of phenolic OH excluding ortho intramolecular Hbond substituents is 1. The highest BCUT2D eigenvalue weighted by atomic mass is 16.6. The molecule has 2 heterocycles. The number of nitrogens with zero attached hydrogens (tertiary/aromatic N) is 1. The Balaban J connectivity index is 1.53. The number of hydrogen-bond donors (Lipinski definition) is 3. The van der Waals surface area contributed by atoms with Crippen molar-refractivity contribution in [2.24, 2.45) is 0 Å². The summed E-state index contributed by atoms with van der Waals surface area (Å²) in [5, 5.41) is 26.2.